The third-order valence-corrected chi connectivity index (χ3v) is 7.92. The van der Waals surface area contributed by atoms with Crippen LogP contribution < -0.4 is 4.90 Å². The summed E-state index contributed by atoms with van der Waals surface area (Å²) < 4.78 is 42.5. The highest BCUT2D eigenvalue weighted by Gasteiger charge is 2.36. The van der Waals surface area contributed by atoms with Crippen molar-refractivity contribution in [1.29, 1.82) is 0 Å². The van der Waals surface area contributed by atoms with Crippen LogP contribution >= 0.6 is 11.8 Å². The van der Waals surface area contributed by atoms with Crippen LogP contribution in [0.4, 0.5) is 19.0 Å². The number of hydrogen-bond donors (Lipinski definition) is 0. The lowest BCUT2D eigenvalue weighted by molar-refractivity contribution is -0.141. The third-order valence-electron chi connectivity index (χ3n) is 6.81. The Morgan fingerprint density at radius 3 is 2.31 bits per heavy atom. The van der Waals surface area contributed by atoms with Crippen LogP contribution in [0.15, 0.2) is 11.2 Å². The highest BCUT2D eigenvalue weighted by atomic mass is 32.2. The summed E-state index contributed by atoms with van der Waals surface area (Å²) in [5.74, 6) is 3.23. The van der Waals surface area contributed by atoms with E-state index in [2.05, 4.69) is 36.7 Å². The Balaban J connectivity index is 1.27. The number of rotatable bonds is 7. The average Bonchev–Trinajstić information content (AvgIpc) is 3.45. The molecule has 11 heteroatoms. The molecule has 2 fully saturated rings. The fourth-order valence-electron chi connectivity index (χ4n) is 4.72. The van der Waals surface area contributed by atoms with Gasteiger partial charge in [-0.15, -0.1) is 10.2 Å². The summed E-state index contributed by atoms with van der Waals surface area (Å²) >= 11 is 1.75. The molecule has 0 unspecified atom stereocenters. The minimum absolute atomic E-state index is 0.224. The molecular formula is C24H36F3N7S. The van der Waals surface area contributed by atoms with Gasteiger partial charge < -0.3 is 9.47 Å². The van der Waals surface area contributed by atoms with Crippen molar-refractivity contribution in [3.05, 3.63) is 23.4 Å². The number of halogens is 3. The Bertz CT molecular complexity index is 956. The maximum Gasteiger partial charge on any atom is 0.433 e. The topological polar surface area (TPSA) is 63.0 Å². The maximum atomic E-state index is 13.4. The molecule has 0 bridgehead atoms. The average molecular weight is 512 g/mol. The van der Waals surface area contributed by atoms with Gasteiger partial charge in [-0.05, 0) is 25.8 Å². The van der Waals surface area contributed by atoms with Crippen molar-refractivity contribution in [2.24, 2.45) is 7.05 Å². The van der Waals surface area contributed by atoms with Crippen LogP contribution in [0.3, 0.4) is 0 Å². The van der Waals surface area contributed by atoms with Crippen LogP contribution in [0.25, 0.3) is 0 Å². The van der Waals surface area contributed by atoms with Crippen LogP contribution in [0.5, 0.6) is 0 Å². The van der Waals surface area contributed by atoms with Crippen molar-refractivity contribution in [2.45, 2.75) is 75.5 Å². The SMILES string of the molecule is Cn1c(SCCCN2CCN(c3cc(C(F)(F)F)nc(C(C)(C)C)n3)CC2)nnc1C1CCCC1. The van der Waals surface area contributed by atoms with E-state index in [9.17, 15) is 13.2 Å². The van der Waals surface area contributed by atoms with Gasteiger partial charge in [-0.2, -0.15) is 13.2 Å². The third kappa shape index (κ3) is 6.47. The van der Waals surface area contributed by atoms with Crippen LogP contribution in [0.2, 0.25) is 0 Å². The van der Waals surface area contributed by atoms with Gasteiger partial charge in [0.1, 0.15) is 23.2 Å². The number of nitrogens with zero attached hydrogens (tertiary/aromatic N) is 7. The zero-order chi connectivity index (χ0) is 25.2. The van der Waals surface area contributed by atoms with Crippen LogP contribution in [0, 0.1) is 0 Å². The predicted molar refractivity (Wildman–Crippen MR) is 132 cm³/mol. The van der Waals surface area contributed by atoms with Gasteiger partial charge in [0, 0.05) is 56.4 Å². The maximum absolute atomic E-state index is 13.4. The first-order valence-corrected chi connectivity index (χ1v) is 13.5. The molecule has 0 atom stereocenters. The monoisotopic (exact) mass is 511 g/mol. The molecule has 0 N–H and O–H groups in total. The van der Waals surface area contributed by atoms with Gasteiger partial charge in [0.15, 0.2) is 5.16 Å². The quantitative estimate of drug-likeness (QED) is 0.388. The first-order valence-electron chi connectivity index (χ1n) is 12.5. The zero-order valence-electron chi connectivity index (χ0n) is 21.1. The van der Waals surface area contributed by atoms with E-state index >= 15 is 0 Å². The number of anilines is 1. The molecule has 2 aliphatic rings. The molecule has 2 aromatic heterocycles. The number of alkyl halides is 3. The molecule has 7 nitrogen and oxygen atoms in total. The predicted octanol–water partition coefficient (Wildman–Crippen LogP) is 4.88. The van der Waals surface area contributed by atoms with Gasteiger partial charge in [0.05, 0.1) is 0 Å². The smallest absolute Gasteiger partial charge is 0.354 e. The Morgan fingerprint density at radius 2 is 1.69 bits per heavy atom. The molecule has 0 aromatic carbocycles. The summed E-state index contributed by atoms with van der Waals surface area (Å²) in [6.45, 7) is 9.36. The van der Waals surface area contributed by atoms with E-state index in [0.717, 1.165) is 48.9 Å². The molecule has 0 radical (unpaired) electrons. The Kier molecular flexibility index (Phi) is 7.95. The van der Waals surface area contributed by atoms with Crippen LogP contribution in [0.1, 0.15) is 76.1 Å². The molecule has 194 valence electrons. The van der Waals surface area contributed by atoms with Crippen molar-refractivity contribution >= 4 is 17.6 Å². The number of hydrogen-bond acceptors (Lipinski definition) is 7. The first-order chi connectivity index (χ1) is 16.5. The van der Waals surface area contributed by atoms with Gasteiger partial charge in [-0.3, -0.25) is 4.90 Å². The van der Waals surface area contributed by atoms with E-state index in [0.29, 0.717) is 24.8 Å². The molecule has 1 saturated heterocycles. The van der Waals surface area contributed by atoms with E-state index in [4.69, 9.17) is 0 Å². The van der Waals surface area contributed by atoms with Crippen molar-refractivity contribution in [2.75, 3.05) is 43.4 Å². The van der Waals surface area contributed by atoms with E-state index < -0.39 is 17.3 Å². The van der Waals surface area contributed by atoms with Gasteiger partial charge in [0.25, 0.3) is 0 Å². The fourth-order valence-corrected chi connectivity index (χ4v) is 5.56. The molecule has 0 spiro atoms. The first kappa shape index (κ1) is 26.2. The summed E-state index contributed by atoms with van der Waals surface area (Å²) in [4.78, 5) is 12.6. The van der Waals surface area contributed by atoms with Gasteiger partial charge in [-0.25, -0.2) is 9.97 Å². The molecule has 1 saturated carbocycles. The van der Waals surface area contributed by atoms with E-state index in [1.807, 2.05) is 25.7 Å². The van der Waals surface area contributed by atoms with E-state index in [-0.39, 0.29) is 5.82 Å². The Labute approximate surface area is 209 Å². The molecular weight excluding hydrogens is 475 g/mol. The lowest BCUT2D eigenvalue weighted by Crippen LogP contribution is -2.47. The Hall–Kier alpha value is -1.88. The fraction of sp³-hybridized carbons (Fsp3) is 0.750. The number of piperazine rings is 1. The van der Waals surface area contributed by atoms with Crippen molar-refractivity contribution in [3.63, 3.8) is 0 Å². The second-order valence-electron chi connectivity index (χ2n) is 10.6. The minimum Gasteiger partial charge on any atom is -0.354 e. The summed E-state index contributed by atoms with van der Waals surface area (Å²) in [5, 5.41) is 9.82. The lowest BCUT2D eigenvalue weighted by Gasteiger charge is -2.36. The van der Waals surface area contributed by atoms with E-state index in [1.165, 1.54) is 25.7 Å². The summed E-state index contributed by atoms with van der Waals surface area (Å²) in [5.41, 5.74) is -1.43. The molecule has 4 rings (SSSR count). The van der Waals surface area contributed by atoms with E-state index in [1.54, 1.807) is 11.8 Å². The van der Waals surface area contributed by atoms with Gasteiger partial charge >= 0.3 is 6.18 Å². The van der Waals surface area contributed by atoms with Crippen molar-refractivity contribution < 1.29 is 13.2 Å². The molecule has 35 heavy (non-hydrogen) atoms. The summed E-state index contributed by atoms with van der Waals surface area (Å²) in [6, 6.07) is 1.09. The summed E-state index contributed by atoms with van der Waals surface area (Å²) in [7, 11) is 2.07. The highest BCUT2D eigenvalue weighted by Crippen LogP contribution is 2.34. The molecule has 1 aliphatic carbocycles. The van der Waals surface area contributed by atoms with Crippen molar-refractivity contribution in [1.82, 2.24) is 29.6 Å². The lowest BCUT2D eigenvalue weighted by atomic mass is 9.95. The van der Waals surface area contributed by atoms with Crippen molar-refractivity contribution in [3.8, 4) is 0 Å². The standard InChI is InChI=1S/C24H36F3N7S/c1-23(2,3)21-28-18(24(25,26)27)16-19(29-21)34-13-11-33(12-14-34)10-7-15-35-22-31-30-20(32(22)4)17-8-5-6-9-17/h16-17H,5-15H2,1-4H3. The van der Waals surface area contributed by atoms with Crippen LogP contribution in [-0.4, -0.2) is 68.1 Å². The van der Waals surface area contributed by atoms with Gasteiger partial charge in [-0.1, -0.05) is 45.4 Å². The zero-order valence-corrected chi connectivity index (χ0v) is 21.9. The van der Waals surface area contributed by atoms with Gasteiger partial charge in [0.2, 0.25) is 0 Å². The minimum atomic E-state index is -4.49. The molecule has 1 aliphatic heterocycles. The molecule has 3 heterocycles. The number of aromatic nitrogens is 5. The second-order valence-corrected chi connectivity index (χ2v) is 11.7. The summed E-state index contributed by atoms with van der Waals surface area (Å²) in [6.07, 6.45) is 1.53. The molecule has 2 aromatic rings. The highest BCUT2D eigenvalue weighted by molar-refractivity contribution is 7.99. The molecule has 0 amide bonds. The van der Waals surface area contributed by atoms with Crippen LogP contribution in [-0.2, 0) is 18.6 Å². The second kappa shape index (κ2) is 10.6. The normalized spacial score (nSPS) is 18.5. The number of thioether (sulfide) groups is 1. The largest absolute Gasteiger partial charge is 0.433 e. The Morgan fingerprint density at radius 1 is 1.00 bits per heavy atom.